The van der Waals surface area contributed by atoms with Gasteiger partial charge in [0.15, 0.2) is 0 Å². The average molecular weight is 500 g/mol. The minimum Gasteiger partial charge on any atom is -0.355 e. The van der Waals surface area contributed by atoms with Gasteiger partial charge in [-0.15, -0.1) is 0 Å². The van der Waals surface area contributed by atoms with Crippen LogP contribution in [-0.4, -0.2) is 50.5 Å². The zero-order chi connectivity index (χ0) is 24.1. The lowest BCUT2D eigenvalue weighted by Gasteiger charge is -2.31. The molecule has 7 nitrogen and oxygen atoms in total. The Morgan fingerprint density at radius 2 is 1.72 bits per heavy atom. The van der Waals surface area contributed by atoms with E-state index in [9.17, 15) is 18.0 Å². The number of hydrogen-bond donors (Lipinski definition) is 1. The molecule has 0 spiro atoms. The molecule has 0 unspecified atom stereocenters. The minimum atomic E-state index is -3.85. The van der Waals surface area contributed by atoms with Gasteiger partial charge in [-0.25, -0.2) is 8.42 Å². The predicted molar refractivity (Wildman–Crippen MR) is 129 cm³/mol. The lowest BCUT2D eigenvalue weighted by molar-refractivity contribution is -0.139. The van der Waals surface area contributed by atoms with Gasteiger partial charge in [0, 0.05) is 23.1 Å². The number of carbonyl (C=O) groups excluding carboxylic acids is 2. The summed E-state index contributed by atoms with van der Waals surface area (Å²) in [4.78, 5) is 27.2. The van der Waals surface area contributed by atoms with Gasteiger partial charge in [-0.05, 0) is 44.5 Å². The molecule has 0 aliphatic heterocycles. The van der Waals surface area contributed by atoms with Crippen LogP contribution in [0.2, 0.25) is 10.0 Å². The van der Waals surface area contributed by atoms with E-state index in [-0.39, 0.29) is 28.2 Å². The highest BCUT2D eigenvalue weighted by Gasteiger charge is 2.30. The third-order valence-corrected chi connectivity index (χ3v) is 6.35. The molecule has 2 amide bonds. The standard InChI is InChI=1S/C22H27Cl2N3O4S/c1-5-25-22(29)16(3)26(13-17-8-6-7-15(2)9-17)21(28)14-27(32(4,30)31)20-11-18(23)10-19(24)12-20/h6-12,16H,5,13-14H2,1-4H3,(H,25,29)/t16-/m1/s1. The topological polar surface area (TPSA) is 86.8 Å². The lowest BCUT2D eigenvalue weighted by Crippen LogP contribution is -2.51. The molecule has 0 bridgehead atoms. The van der Waals surface area contributed by atoms with Crippen LogP contribution in [0, 0.1) is 6.92 Å². The van der Waals surface area contributed by atoms with Crippen molar-refractivity contribution in [1.82, 2.24) is 10.2 Å². The van der Waals surface area contributed by atoms with Crippen molar-refractivity contribution in [2.24, 2.45) is 0 Å². The highest BCUT2D eigenvalue weighted by molar-refractivity contribution is 7.92. The number of nitrogens with zero attached hydrogens (tertiary/aromatic N) is 2. The molecule has 1 atom stereocenters. The van der Waals surface area contributed by atoms with Crippen LogP contribution in [0.5, 0.6) is 0 Å². The number of halogens is 2. The zero-order valence-electron chi connectivity index (χ0n) is 18.4. The van der Waals surface area contributed by atoms with Gasteiger partial charge in [-0.1, -0.05) is 53.0 Å². The average Bonchev–Trinajstić information content (AvgIpc) is 2.68. The van der Waals surface area contributed by atoms with E-state index < -0.39 is 28.5 Å². The van der Waals surface area contributed by atoms with Gasteiger partial charge in [0.2, 0.25) is 21.8 Å². The van der Waals surface area contributed by atoms with Gasteiger partial charge in [0.25, 0.3) is 0 Å². The van der Waals surface area contributed by atoms with Crippen LogP contribution >= 0.6 is 23.2 Å². The highest BCUT2D eigenvalue weighted by Crippen LogP contribution is 2.27. The minimum absolute atomic E-state index is 0.146. The van der Waals surface area contributed by atoms with E-state index in [0.29, 0.717) is 6.54 Å². The fraction of sp³-hybridized carbons (Fsp3) is 0.364. The second-order valence-corrected chi connectivity index (χ2v) is 10.3. The Bertz CT molecular complexity index is 1070. The van der Waals surface area contributed by atoms with Crippen LogP contribution in [-0.2, 0) is 26.2 Å². The van der Waals surface area contributed by atoms with Crippen LogP contribution in [0.3, 0.4) is 0 Å². The summed E-state index contributed by atoms with van der Waals surface area (Å²) in [7, 11) is -3.85. The maximum absolute atomic E-state index is 13.4. The van der Waals surface area contributed by atoms with Crippen molar-refractivity contribution in [3.63, 3.8) is 0 Å². The smallest absolute Gasteiger partial charge is 0.244 e. The number of aryl methyl sites for hydroxylation is 1. The number of carbonyl (C=O) groups is 2. The fourth-order valence-electron chi connectivity index (χ4n) is 3.21. The van der Waals surface area contributed by atoms with E-state index in [1.165, 1.54) is 23.1 Å². The molecule has 2 aromatic rings. The monoisotopic (exact) mass is 499 g/mol. The summed E-state index contributed by atoms with van der Waals surface area (Å²) in [6.45, 7) is 5.37. The van der Waals surface area contributed by atoms with Crippen molar-refractivity contribution in [3.05, 3.63) is 63.6 Å². The van der Waals surface area contributed by atoms with Crippen LogP contribution < -0.4 is 9.62 Å². The summed E-state index contributed by atoms with van der Waals surface area (Å²) in [6.07, 6.45) is 0.993. The van der Waals surface area contributed by atoms with Crippen molar-refractivity contribution >= 4 is 50.7 Å². The van der Waals surface area contributed by atoms with Crippen LogP contribution in [0.1, 0.15) is 25.0 Å². The van der Waals surface area contributed by atoms with E-state index in [1.54, 1.807) is 13.8 Å². The number of amides is 2. The molecule has 0 aliphatic rings. The second-order valence-electron chi connectivity index (χ2n) is 7.48. The molecule has 0 aromatic heterocycles. The first kappa shape index (κ1) is 26.0. The summed E-state index contributed by atoms with van der Waals surface area (Å²) in [5.74, 6) is -0.864. The molecule has 2 rings (SSSR count). The Labute approximate surface area is 199 Å². The molecule has 174 valence electrons. The molecule has 0 saturated carbocycles. The zero-order valence-corrected chi connectivity index (χ0v) is 20.8. The first-order chi connectivity index (χ1) is 14.9. The van der Waals surface area contributed by atoms with Crippen molar-refractivity contribution in [2.45, 2.75) is 33.4 Å². The SMILES string of the molecule is CCNC(=O)[C@@H](C)N(Cc1cccc(C)c1)C(=O)CN(c1cc(Cl)cc(Cl)c1)S(C)(=O)=O. The molecule has 0 aliphatic carbocycles. The van der Waals surface area contributed by atoms with Crippen molar-refractivity contribution in [2.75, 3.05) is 23.7 Å². The van der Waals surface area contributed by atoms with E-state index in [2.05, 4.69) is 5.32 Å². The van der Waals surface area contributed by atoms with Gasteiger partial charge in [0.1, 0.15) is 12.6 Å². The molecule has 0 radical (unpaired) electrons. The summed E-state index contributed by atoms with van der Waals surface area (Å²) in [6, 6.07) is 11.0. The lowest BCUT2D eigenvalue weighted by atomic mass is 10.1. The van der Waals surface area contributed by atoms with Crippen LogP contribution in [0.25, 0.3) is 0 Å². The maximum atomic E-state index is 13.4. The maximum Gasteiger partial charge on any atom is 0.244 e. The number of sulfonamides is 1. The summed E-state index contributed by atoms with van der Waals surface area (Å²) >= 11 is 12.1. The number of hydrogen-bond acceptors (Lipinski definition) is 4. The first-order valence-electron chi connectivity index (χ1n) is 9.99. The summed E-state index contributed by atoms with van der Waals surface area (Å²) in [5.41, 5.74) is 2.00. The van der Waals surface area contributed by atoms with Crippen LogP contribution in [0.15, 0.2) is 42.5 Å². The Morgan fingerprint density at radius 3 is 2.25 bits per heavy atom. The molecular formula is C22H27Cl2N3O4S. The summed E-state index contributed by atoms with van der Waals surface area (Å²) < 4.78 is 26.0. The predicted octanol–water partition coefficient (Wildman–Crippen LogP) is 3.62. The second kappa shape index (κ2) is 11.0. The number of anilines is 1. The van der Waals surface area contributed by atoms with Gasteiger partial charge >= 0.3 is 0 Å². The van der Waals surface area contributed by atoms with Gasteiger partial charge in [0.05, 0.1) is 11.9 Å². The van der Waals surface area contributed by atoms with E-state index in [1.807, 2.05) is 31.2 Å². The normalized spacial score (nSPS) is 12.2. The van der Waals surface area contributed by atoms with Crippen molar-refractivity contribution < 1.29 is 18.0 Å². The number of nitrogens with one attached hydrogen (secondary N) is 1. The quantitative estimate of drug-likeness (QED) is 0.570. The summed E-state index contributed by atoms with van der Waals surface area (Å²) in [5, 5.41) is 3.18. The molecule has 32 heavy (non-hydrogen) atoms. The Morgan fingerprint density at radius 1 is 1.09 bits per heavy atom. The number of rotatable bonds is 9. The Hall–Kier alpha value is -2.29. The van der Waals surface area contributed by atoms with Gasteiger partial charge < -0.3 is 10.2 Å². The molecule has 2 aromatic carbocycles. The Balaban J connectivity index is 2.42. The molecule has 0 heterocycles. The van der Waals surface area contributed by atoms with E-state index in [4.69, 9.17) is 23.2 Å². The van der Waals surface area contributed by atoms with Crippen molar-refractivity contribution in [1.29, 1.82) is 0 Å². The largest absolute Gasteiger partial charge is 0.355 e. The van der Waals surface area contributed by atoms with Crippen LogP contribution in [0.4, 0.5) is 5.69 Å². The molecular weight excluding hydrogens is 473 g/mol. The Kier molecular flexibility index (Phi) is 8.95. The molecule has 1 N–H and O–H groups in total. The first-order valence-corrected chi connectivity index (χ1v) is 12.6. The molecule has 0 fully saturated rings. The van der Waals surface area contributed by atoms with E-state index >= 15 is 0 Å². The van der Waals surface area contributed by atoms with Gasteiger partial charge in [-0.2, -0.15) is 0 Å². The number of likely N-dealkylation sites (N-methyl/N-ethyl adjacent to an activating group) is 1. The third kappa shape index (κ3) is 7.12. The van der Waals surface area contributed by atoms with Crippen molar-refractivity contribution in [3.8, 4) is 0 Å². The molecule has 0 saturated heterocycles. The van der Waals surface area contributed by atoms with Gasteiger partial charge in [-0.3, -0.25) is 13.9 Å². The van der Waals surface area contributed by atoms with E-state index in [0.717, 1.165) is 21.7 Å². The third-order valence-electron chi connectivity index (χ3n) is 4.77. The number of benzene rings is 2. The highest BCUT2D eigenvalue weighted by atomic mass is 35.5. The molecule has 10 heteroatoms. The fourth-order valence-corrected chi connectivity index (χ4v) is 4.56.